The van der Waals surface area contributed by atoms with Gasteiger partial charge < -0.3 is 0 Å². The van der Waals surface area contributed by atoms with Gasteiger partial charge in [0.25, 0.3) is 5.92 Å². The summed E-state index contributed by atoms with van der Waals surface area (Å²) in [6, 6.07) is 0. The molecule has 0 N–H and O–H groups in total. The van der Waals surface area contributed by atoms with Crippen LogP contribution in [0.3, 0.4) is 0 Å². The van der Waals surface area contributed by atoms with Gasteiger partial charge in [0.1, 0.15) is 10.0 Å². The fourth-order valence-electron chi connectivity index (χ4n) is 1.45. The SMILES string of the molecule is FC1(F)CCN(Cc2nnsc2Cl)C1. The van der Waals surface area contributed by atoms with E-state index >= 15 is 0 Å². The van der Waals surface area contributed by atoms with Crippen LogP contribution >= 0.6 is 23.1 Å². The van der Waals surface area contributed by atoms with Crippen molar-refractivity contribution < 1.29 is 8.78 Å². The summed E-state index contributed by atoms with van der Waals surface area (Å²) in [5.41, 5.74) is 0.592. The molecule has 78 valence electrons. The first kappa shape index (κ1) is 10.2. The van der Waals surface area contributed by atoms with E-state index in [-0.39, 0.29) is 13.0 Å². The standard InChI is InChI=1S/C7H8ClF2N3S/c8-6-5(11-12-14-6)3-13-2-1-7(9,10)4-13/h1-4H2. The number of aromatic nitrogens is 2. The van der Waals surface area contributed by atoms with Crippen LogP contribution in [0.1, 0.15) is 12.1 Å². The van der Waals surface area contributed by atoms with Gasteiger partial charge in [0.05, 0.1) is 6.54 Å². The fraction of sp³-hybridized carbons (Fsp3) is 0.714. The van der Waals surface area contributed by atoms with Gasteiger partial charge >= 0.3 is 0 Å². The molecular formula is C7H8ClF2N3S. The van der Waals surface area contributed by atoms with E-state index in [1.54, 1.807) is 4.90 Å². The first-order valence-corrected chi connectivity index (χ1v) is 5.29. The Balaban J connectivity index is 1.97. The maximum Gasteiger partial charge on any atom is 0.261 e. The zero-order valence-electron chi connectivity index (χ0n) is 7.21. The lowest BCUT2D eigenvalue weighted by atomic mass is 10.3. The van der Waals surface area contributed by atoms with E-state index in [0.29, 0.717) is 23.1 Å². The van der Waals surface area contributed by atoms with E-state index in [2.05, 4.69) is 9.59 Å². The van der Waals surface area contributed by atoms with Crippen LogP contribution in [-0.4, -0.2) is 33.5 Å². The van der Waals surface area contributed by atoms with Crippen molar-refractivity contribution in [2.45, 2.75) is 18.9 Å². The van der Waals surface area contributed by atoms with Crippen molar-refractivity contribution in [3.8, 4) is 0 Å². The lowest BCUT2D eigenvalue weighted by Gasteiger charge is -2.13. The molecule has 0 unspecified atom stereocenters. The third kappa shape index (κ3) is 2.18. The molecule has 0 radical (unpaired) electrons. The lowest BCUT2D eigenvalue weighted by molar-refractivity contribution is 0.0114. The molecule has 0 amide bonds. The number of alkyl halides is 2. The predicted molar refractivity (Wildman–Crippen MR) is 49.8 cm³/mol. The van der Waals surface area contributed by atoms with Gasteiger partial charge in [0.2, 0.25) is 0 Å². The molecule has 2 rings (SSSR count). The molecule has 1 aromatic heterocycles. The molecule has 1 aliphatic rings. The van der Waals surface area contributed by atoms with Gasteiger partial charge in [0.15, 0.2) is 0 Å². The molecule has 7 heteroatoms. The molecule has 1 saturated heterocycles. The number of halogens is 3. The Kier molecular flexibility index (Phi) is 2.68. The molecule has 1 aliphatic heterocycles. The van der Waals surface area contributed by atoms with Crippen LogP contribution in [0, 0.1) is 0 Å². The highest BCUT2D eigenvalue weighted by molar-refractivity contribution is 7.10. The summed E-state index contributed by atoms with van der Waals surface area (Å²) in [6.45, 7) is 0.548. The highest BCUT2D eigenvalue weighted by Gasteiger charge is 2.38. The highest BCUT2D eigenvalue weighted by atomic mass is 35.5. The van der Waals surface area contributed by atoms with E-state index in [9.17, 15) is 8.78 Å². The highest BCUT2D eigenvalue weighted by Crippen LogP contribution is 2.29. The van der Waals surface area contributed by atoms with Gasteiger partial charge in [-0.1, -0.05) is 16.1 Å². The largest absolute Gasteiger partial charge is 0.291 e. The number of likely N-dealkylation sites (tertiary alicyclic amines) is 1. The molecule has 0 aliphatic carbocycles. The second kappa shape index (κ2) is 3.67. The zero-order chi connectivity index (χ0) is 10.2. The summed E-state index contributed by atoms with van der Waals surface area (Å²) < 4.78 is 29.8. The van der Waals surface area contributed by atoms with Crippen LogP contribution in [0.5, 0.6) is 0 Å². The monoisotopic (exact) mass is 239 g/mol. The molecule has 0 saturated carbocycles. The van der Waals surface area contributed by atoms with Crippen LogP contribution < -0.4 is 0 Å². The fourth-order valence-corrected chi connectivity index (χ4v) is 2.06. The van der Waals surface area contributed by atoms with E-state index in [1.165, 1.54) is 0 Å². The molecule has 3 nitrogen and oxygen atoms in total. The van der Waals surface area contributed by atoms with Crippen molar-refractivity contribution in [2.75, 3.05) is 13.1 Å². The summed E-state index contributed by atoms with van der Waals surface area (Å²) >= 11 is 6.85. The second-order valence-electron chi connectivity index (χ2n) is 3.31. The maximum absolute atomic E-state index is 12.8. The lowest BCUT2D eigenvalue weighted by Crippen LogP contribution is -2.25. The third-order valence-electron chi connectivity index (χ3n) is 2.13. The van der Waals surface area contributed by atoms with Crippen molar-refractivity contribution in [1.82, 2.24) is 14.5 Å². The van der Waals surface area contributed by atoms with E-state index < -0.39 is 5.92 Å². The Morgan fingerprint density at radius 1 is 1.57 bits per heavy atom. The summed E-state index contributed by atoms with van der Waals surface area (Å²) in [4.78, 5) is 1.64. The topological polar surface area (TPSA) is 29.0 Å². The van der Waals surface area contributed by atoms with Crippen LogP contribution in [0.4, 0.5) is 8.78 Å². The average molecular weight is 240 g/mol. The minimum Gasteiger partial charge on any atom is -0.291 e. The third-order valence-corrected chi connectivity index (χ3v) is 3.12. The summed E-state index contributed by atoms with van der Waals surface area (Å²) in [5.74, 6) is -2.56. The molecule has 0 spiro atoms. The van der Waals surface area contributed by atoms with Gasteiger partial charge in [-0.05, 0) is 0 Å². The Labute approximate surface area is 88.8 Å². The van der Waals surface area contributed by atoms with Crippen molar-refractivity contribution in [3.05, 3.63) is 10.0 Å². The van der Waals surface area contributed by atoms with E-state index in [1.807, 2.05) is 0 Å². The number of hydrogen-bond donors (Lipinski definition) is 0. The number of rotatable bonds is 2. The first-order valence-electron chi connectivity index (χ1n) is 4.14. The smallest absolute Gasteiger partial charge is 0.261 e. The number of nitrogens with zero attached hydrogens (tertiary/aromatic N) is 3. The van der Waals surface area contributed by atoms with Gasteiger partial charge in [-0.25, -0.2) is 8.78 Å². The van der Waals surface area contributed by atoms with Crippen molar-refractivity contribution >= 4 is 23.1 Å². The summed E-state index contributed by atoms with van der Waals surface area (Å²) in [7, 11) is 0. The molecule has 14 heavy (non-hydrogen) atoms. The summed E-state index contributed by atoms with van der Waals surface area (Å²) in [6.07, 6.45) is -0.0812. The molecule has 1 fully saturated rings. The minimum atomic E-state index is -2.56. The Hall–Kier alpha value is -0.330. The zero-order valence-corrected chi connectivity index (χ0v) is 8.78. The van der Waals surface area contributed by atoms with Gasteiger partial charge in [-0.3, -0.25) is 4.90 Å². The van der Waals surface area contributed by atoms with Crippen molar-refractivity contribution in [3.63, 3.8) is 0 Å². The average Bonchev–Trinajstić information content (AvgIpc) is 2.61. The Bertz CT molecular complexity index is 330. The molecule has 0 bridgehead atoms. The van der Waals surface area contributed by atoms with Gasteiger partial charge in [0, 0.05) is 31.0 Å². The second-order valence-corrected chi connectivity index (χ2v) is 4.67. The molecule has 1 aromatic rings. The minimum absolute atomic E-state index is 0.0812. The van der Waals surface area contributed by atoms with Crippen LogP contribution in [0.2, 0.25) is 4.34 Å². The molecular weight excluding hydrogens is 232 g/mol. The van der Waals surface area contributed by atoms with Crippen molar-refractivity contribution in [1.29, 1.82) is 0 Å². The Morgan fingerprint density at radius 3 is 2.86 bits per heavy atom. The normalized spacial score (nSPS) is 21.6. The van der Waals surface area contributed by atoms with Crippen LogP contribution in [0.25, 0.3) is 0 Å². The summed E-state index contributed by atoms with van der Waals surface area (Å²) in [5, 5.41) is 3.78. The molecule has 2 heterocycles. The molecule has 0 atom stereocenters. The van der Waals surface area contributed by atoms with E-state index in [0.717, 1.165) is 11.5 Å². The van der Waals surface area contributed by atoms with E-state index in [4.69, 9.17) is 11.6 Å². The Morgan fingerprint density at radius 2 is 2.36 bits per heavy atom. The van der Waals surface area contributed by atoms with Crippen LogP contribution in [0.15, 0.2) is 0 Å². The van der Waals surface area contributed by atoms with Gasteiger partial charge in [-0.2, -0.15) is 0 Å². The maximum atomic E-state index is 12.8. The van der Waals surface area contributed by atoms with Crippen molar-refractivity contribution in [2.24, 2.45) is 0 Å². The quantitative estimate of drug-likeness (QED) is 0.791. The first-order chi connectivity index (χ1) is 6.57. The molecule has 0 aromatic carbocycles. The van der Waals surface area contributed by atoms with Gasteiger partial charge in [-0.15, -0.1) is 5.10 Å². The van der Waals surface area contributed by atoms with Crippen LogP contribution in [-0.2, 0) is 6.54 Å². The number of hydrogen-bond acceptors (Lipinski definition) is 4. The predicted octanol–water partition coefficient (Wildman–Crippen LogP) is 2.03.